The zero-order valence-corrected chi connectivity index (χ0v) is 12.1. The molecule has 0 unspecified atom stereocenters. The van der Waals surface area contributed by atoms with Crippen molar-refractivity contribution in [1.82, 2.24) is 20.0 Å². The molecular weight excluding hydrogens is 284 g/mol. The monoisotopic (exact) mass is 300 g/mol. The van der Waals surface area contributed by atoms with E-state index in [-0.39, 0.29) is 0 Å². The number of thiophene rings is 1. The van der Waals surface area contributed by atoms with Crippen LogP contribution in [0.4, 0.5) is 0 Å². The van der Waals surface area contributed by atoms with Gasteiger partial charge in [0.25, 0.3) is 0 Å². The summed E-state index contributed by atoms with van der Waals surface area (Å²) in [6.07, 6.45) is 3.85. The molecule has 2 rings (SSSR count). The highest BCUT2D eigenvalue weighted by Gasteiger charge is 2.15. The molecule has 0 aliphatic heterocycles. The molecule has 0 aliphatic rings. The van der Waals surface area contributed by atoms with Crippen molar-refractivity contribution in [3.8, 4) is 0 Å². The number of nitrogens with one attached hydrogen (secondary N) is 3. The second kappa shape index (κ2) is 6.29. The summed E-state index contributed by atoms with van der Waals surface area (Å²) in [4.78, 5) is 8.14. The summed E-state index contributed by atoms with van der Waals surface area (Å²) in [6, 6.07) is 1.69. The molecule has 0 saturated carbocycles. The Morgan fingerprint density at radius 1 is 1.47 bits per heavy atom. The van der Waals surface area contributed by atoms with Gasteiger partial charge < -0.3 is 10.3 Å². The van der Waals surface area contributed by atoms with Gasteiger partial charge in [0.1, 0.15) is 0 Å². The van der Waals surface area contributed by atoms with Gasteiger partial charge in [-0.25, -0.2) is 18.1 Å². The maximum absolute atomic E-state index is 12.0. The van der Waals surface area contributed by atoms with Crippen LogP contribution in [0.3, 0.4) is 0 Å². The predicted molar refractivity (Wildman–Crippen MR) is 74.6 cm³/mol. The zero-order chi connectivity index (χ0) is 13.7. The molecule has 0 fully saturated rings. The quantitative estimate of drug-likeness (QED) is 0.703. The van der Waals surface area contributed by atoms with E-state index in [1.807, 2.05) is 7.05 Å². The lowest BCUT2D eigenvalue weighted by Gasteiger charge is -2.03. The summed E-state index contributed by atoms with van der Waals surface area (Å²) in [5.74, 6) is 0. The van der Waals surface area contributed by atoms with Crippen LogP contribution in [0.5, 0.6) is 0 Å². The van der Waals surface area contributed by atoms with E-state index in [0.717, 1.165) is 10.6 Å². The van der Waals surface area contributed by atoms with Gasteiger partial charge in [-0.2, -0.15) is 0 Å². The van der Waals surface area contributed by atoms with E-state index in [2.05, 4.69) is 20.0 Å². The number of aromatic amines is 1. The summed E-state index contributed by atoms with van der Waals surface area (Å²) in [7, 11) is -1.58. The molecule has 0 atom stereocenters. The van der Waals surface area contributed by atoms with Crippen LogP contribution in [-0.4, -0.2) is 32.0 Å². The molecule has 2 aromatic heterocycles. The van der Waals surface area contributed by atoms with Gasteiger partial charge in [-0.15, -0.1) is 11.3 Å². The van der Waals surface area contributed by atoms with Crippen molar-refractivity contribution in [2.45, 2.75) is 17.9 Å². The number of rotatable bonds is 7. The topological polar surface area (TPSA) is 86.9 Å². The lowest BCUT2D eigenvalue weighted by molar-refractivity contribution is 0.581. The Labute approximate surface area is 116 Å². The fourth-order valence-corrected chi connectivity index (χ4v) is 3.91. The van der Waals surface area contributed by atoms with Crippen LogP contribution in [-0.2, 0) is 23.0 Å². The highest BCUT2D eigenvalue weighted by molar-refractivity contribution is 7.89. The molecule has 0 aliphatic carbocycles. The minimum Gasteiger partial charge on any atom is -0.348 e. The molecule has 2 heterocycles. The van der Waals surface area contributed by atoms with E-state index in [1.54, 1.807) is 24.0 Å². The Bertz CT molecular complexity index is 604. The van der Waals surface area contributed by atoms with E-state index in [0.29, 0.717) is 24.4 Å². The van der Waals surface area contributed by atoms with Gasteiger partial charge in [0.2, 0.25) is 10.0 Å². The summed E-state index contributed by atoms with van der Waals surface area (Å²) < 4.78 is 26.6. The number of nitrogens with zero attached hydrogens (tertiary/aromatic N) is 1. The average Bonchev–Trinajstić information content (AvgIpc) is 3.00. The fourth-order valence-electron chi connectivity index (χ4n) is 1.59. The largest absolute Gasteiger partial charge is 0.348 e. The smallest absolute Gasteiger partial charge is 0.241 e. The fraction of sp³-hybridized carbons (Fsp3) is 0.364. The van der Waals surface area contributed by atoms with Crippen molar-refractivity contribution in [1.29, 1.82) is 0 Å². The number of sulfonamides is 1. The number of imidazole rings is 1. The molecule has 0 saturated heterocycles. The number of H-pyrrole nitrogens is 1. The first-order valence-corrected chi connectivity index (χ1v) is 8.17. The zero-order valence-electron chi connectivity index (χ0n) is 10.5. The van der Waals surface area contributed by atoms with Crippen molar-refractivity contribution >= 4 is 21.4 Å². The second-order valence-corrected chi connectivity index (χ2v) is 6.77. The standard InChI is InChI=1S/C11H16N4O2S2/c1-12-6-10-4-11(7-18-10)19(16,17)15-3-2-9-5-13-8-14-9/h4-5,7-8,12,15H,2-3,6H2,1H3,(H,13,14). The highest BCUT2D eigenvalue weighted by atomic mass is 32.2. The first-order chi connectivity index (χ1) is 9.12. The van der Waals surface area contributed by atoms with Gasteiger partial charge >= 0.3 is 0 Å². The molecule has 8 heteroatoms. The maximum Gasteiger partial charge on any atom is 0.241 e. The van der Waals surface area contributed by atoms with Crippen molar-refractivity contribution in [3.05, 3.63) is 34.5 Å². The number of hydrogen-bond acceptors (Lipinski definition) is 5. The van der Waals surface area contributed by atoms with Gasteiger partial charge in [-0.05, 0) is 13.1 Å². The van der Waals surface area contributed by atoms with Gasteiger partial charge in [-0.3, -0.25) is 0 Å². The van der Waals surface area contributed by atoms with Gasteiger partial charge in [0.15, 0.2) is 0 Å². The SMILES string of the molecule is CNCc1cc(S(=O)(=O)NCCc2cnc[nH]2)cs1. The van der Waals surface area contributed by atoms with Crippen LogP contribution in [0.25, 0.3) is 0 Å². The lowest BCUT2D eigenvalue weighted by Crippen LogP contribution is -2.25. The molecule has 6 nitrogen and oxygen atoms in total. The molecule has 0 amide bonds. The van der Waals surface area contributed by atoms with Crippen LogP contribution in [0, 0.1) is 0 Å². The van der Waals surface area contributed by atoms with Crippen LogP contribution in [0.2, 0.25) is 0 Å². The van der Waals surface area contributed by atoms with Gasteiger partial charge in [0, 0.05) is 41.7 Å². The van der Waals surface area contributed by atoms with E-state index in [4.69, 9.17) is 0 Å². The van der Waals surface area contributed by atoms with Crippen LogP contribution >= 0.6 is 11.3 Å². The van der Waals surface area contributed by atoms with Crippen molar-refractivity contribution < 1.29 is 8.42 Å². The molecule has 0 bridgehead atoms. The third-order valence-electron chi connectivity index (χ3n) is 2.53. The molecule has 0 aromatic carbocycles. The van der Waals surface area contributed by atoms with Gasteiger partial charge in [-0.1, -0.05) is 0 Å². The molecule has 19 heavy (non-hydrogen) atoms. The Morgan fingerprint density at radius 2 is 2.32 bits per heavy atom. The predicted octanol–water partition coefficient (Wildman–Crippen LogP) is 0.712. The Hall–Kier alpha value is -1.22. The van der Waals surface area contributed by atoms with Crippen LogP contribution < -0.4 is 10.0 Å². The molecular formula is C11H16N4O2S2. The molecule has 0 spiro atoms. The van der Waals surface area contributed by atoms with Gasteiger partial charge in [0.05, 0.1) is 11.2 Å². The normalized spacial score (nSPS) is 11.8. The van der Waals surface area contributed by atoms with E-state index in [9.17, 15) is 8.42 Å². The van der Waals surface area contributed by atoms with Crippen molar-refractivity contribution in [3.63, 3.8) is 0 Å². The first kappa shape index (κ1) is 14.2. The van der Waals surface area contributed by atoms with E-state index >= 15 is 0 Å². The Morgan fingerprint density at radius 3 is 3.00 bits per heavy atom. The molecule has 2 aromatic rings. The maximum atomic E-state index is 12.0. The molecule has 0 radical (unpaired) electrons. The summed E-state index contributed by atoms with van der Waals surface area (Å²) in [6.45, 7) is 1.02. The average molecular weight is 300 g/mol. The highest BCUT2D eigenvalue weighted by Crippen LogP contribution is 2.18. The third-order valence-corrected chi connectivity index (χ3v) is 5.06. The summed E-state index contributed by atoms with van der Waals surface area (Å²) in [5, 5.41) is 4.65. The number of aromatic nitrogens is 2. The first-order valence-electron chi connectivity index (χ1n) is 5.81. The van der Waals surface area contributed by atoms with Crippen LogP contribution in [0.15, 0.2) is 28.9 Å². The Balaban J connectivity index is 1.93. The number of hydrogen-bond donors (Lipinski definition) is 3. The molecule has 3 N–H and O–H groups in total. The Kier molecular flexibility index (Phi) is 4.70. The van der Waals surface area contributed by atoms with Crippen molar-refractivity contribution in [2.75, 3.05) is 13.6 Å². The van der Waals surface area contributed by atoms with Crippen LogP contribution in [0.1, 0.15) is 10.6 Å². The third kappa shape index (κ3) is 3.87. The summed E-state index contributed by atoms with van der Waals surface area (Å²) >= 11 is 1.43. The van der Waals surface area contributed by atoms with E-state index < -0.39 is 10.0 Å². The summed E-state index contributed by atoms with van der Waals surface area (Å²) in [5.41, 5.74) is 0.906. The molecule has 104 valence electrons. The lowest BCUT2D eigenvalue weighted by atomic mass is 10.3. The van der Waals surface area contributed by atoms with E-state index in [1.165, 1.54) is 11.3 Å². The minimum atomic E-state index is -3.41. The second-order valence-electron chi connectivity index (χ2n) is 4.00. The minimum absolute atomic E-state index is 0.326. The van der Waals surface area contributed by atoms with Crippen molar-refractivity contribution in [2.24, 2.45) is 0 Å².